The van der Waals surface area contributed by atoms with Crippen LogP contribution in [0.4, 0.5) is 18.9 Å². The maximum atomic E-state index is 14.5. The maximum Gasteiger partial charge on any atom is 0.387 e. The molecule has 1 heterocycles. The first-order chi connectivity index (χ1) is 12.0. The van der Waals surface area contributed by atoms with Crippen LogP contribution in [-0.4, -0.2) is 19.1 Å². The smallest absolute Gasteiger partial charge is 0.387 e. The van der Waals surface area contributed by atoms with E-state index in [4.69, 9.17) is 0 Å². The minimum Gasteiger partial charge on any atom is -0.435 e. The Hall–Kier alpha value is -2.25. The Morgan fingerprint density at radius 3 is 2.85 bits per heavy atom. The molecule has 4 nitrogen and oxygen atoms in total. The summed E-state index contributed by atoms with van der Waals surface area (Å²) in [6.07, 6.45) is 0.496. The third-order valence-corrected chi connectivity index (χ3v) is 3.97. The molecule has 3 rings (SSSR count). The zero-order valence-corrected chi connectivity index (χ0v) is 14.5. The van der Waals surface area contributed by atoms with Crippen molar-refractivity contribution in [2.45, 2.75) is 26.0 Å². The number of carbonyl (C=O) groups excluding carboxylic acids is 1. The minimum absolute atomic E-state index is 0. The molecule has 2 N–H and O–H groups in total. The number of rotatable bonds is 5. The van der Waals surface area contributed by atoms with Gasteiger partial charge in [-0.05, 0) is 47.9 Å². The molecule has 0 saturated heterocycles. The minimum atomic E-state index is -2.93. The van der Waals surface area contributed by atoms with Crippen LogP contribution in [0.3, 0.4) is 0 Å². The zero-order chi connectivity index (χ0) is 17.8. The third kappa shape index (κ3) is 4.89. The van der Waals surface area contributed by atoms with Gasteiger partial charge in [0.05, 0.1) is 12.1 Å². The summed E-state index contributed by atoms with van der Waals surface area (Å²) in [6.45, 7) is -1.63. The molecule has 0 bridgehead atoms. The van der Waals surface area contributed by atoms with Gasteiger partial charge < -0.3 is 15.4 Å². The number of fused-ring (bicyclic) bond motifs is 1. The summed E-state index contributed by atoms with van der Waals surface area (Å²) in [5.74, 6) is -0.864. The van der Waals surface area contributed by atoms with E-state index in [0.717, 1.165) is 5.56 Å². The number of anilines is 1. The van der Waals surface area contributed by atoms with Crippen LogP contribution in [-0.2, 0) is 24.2 Å². The topological polar surface area (TPSA) is 50.4 Å². The van der Waals surface area contributed by atoms with Gasteiger partial charge in [0.1, 0.15) is 11.6 Å². The molecule has 0 fully saturated rings. The van der Waals surface area contributed by atoms with E-state index in [-0.39, 0.29) is 30.3 Å². The van der Waals surface area contributed by atoms with E-state index in [1.54, 1.807) is 12.1 Å². The van der Waals surface area contributed by atoms with Crippen molar-refractivity contribution in [3.63, 3.8) is 0 Å². The van der Waals surface area contributed by atoms with Crippen LogP contribution in [0.25, 0.3) is 0 Å². The predicted octanol–water partition coefficient (Wildman–Crippen LogP) is 3.68. The lowest BCUT2D eigenvalue weighted by atomic mass is 9.99. The molecule has 0 saturated carbocycles. The predicted molar refractivity (Wildman–Crippen MR) is 94.5 cm³/mol. The molecule has 0 aliphatic carbocycles. The van der Waals surface area contributed by atoms with Crippen molar-refractivity contribution in [1.29, 1.82) is 0 Å². The number of benzene rings is 2. The molecule has 0 atom stereocenters. The molecule has 26 heavy (non-hydrogen) atoms. The van der Waals surface area contributed by atoms with Gasteiger partial charge in [0.15, 0.2) is 0 Å². The van der Waals surface area contributed by atoms with E-state index >= 15 is 0 Å². The Kier molecular flexibility index (Phi) is 6.88. The molecule has 8 heteroatoms. The summed E-state index contributed by atoms with van der Waals surface area (Å²) in [7, 11) is 0. The van der Waals surface area contributed by atoms with Crippen LogP contribution in [0.5, 0.6) is 5.75 Å². The average molecular weight is 387 g/mol. The number of ether oxygens (including phenoxy) is 1. The van der Waals surface area contributed by atoms with Crippen LogP contribution >= 0.6 is 12.4 Å². The quantitative estimate of drug-likeness (QED) is 0.824. The number of carbonyl (C=O) groups is 1. The van der Waals surface area contributed by atoms with Gasteiger partial charge in [-0.25, -0.2) is 4.39 Å². The fourth-order valence-electron chi connectivity index (χ4n) is 2.84. The molecular weight excluding hydrogens is 369 g/mol. The normalized spacial score (nSPS) is 12.9. The number of nitrogens with one attached hydrogen (secondary N) is 2. The summed E-state index contributed by atoms with van der Waals surface area (Å²) in [5, 5.41) is 5.71. The van der Waals surface area contributed by atoms with Gasteiger partial charge >= 0.3 is 6.61 Å². The zero-order valence-electron chi connectivity index (χ0n) is 13.7. The summed E-state index contributed by atoms with van der Waals surface area (Å²) in [6, 6.07) is 9.21. The van der Waals surface area contributed by atoms with Gasteiger partial charge in [-0.1, -0.05) is 18.2 Å². The Bertz CT molecular complexity index is 787. The van der Waals surface area contributed by atoms with Crippen LogP contribution in [0.15, 0.2) is 36.4 Å². The van der Waals surface area contributed by atoms with E-state index in [2.05, 4.69) is 15.4 Å². The second-order valence-corrected chi connectivity index (χ2v) is 5.74. The number of alkyl halides is 2. The van der Waals surface area contributed by atoms with E-state index in [1.807, 2.05) is 0 Å². The van der Waals surface area contributed by atoms with Crippen LogP contribution in [0.2, 0.25) is 0 Å². The molecule has 2 aromatic rings. The molecule has 140 valence electrons. The van der Waals surface area contributed by atoms with Crippen LogP contribution in [0, 0.1) is 5.82 Å². The third-order valence-electron chi connectivity index (χ3n) is 3.97. The molecule has 0 unspecified atom stereocenters. The maximum absolute atomic E-state index is 14.5. The van der Waals surface area contributed by atoms with Gasteiger partial charge in [-0.15, -0.1) is 12.4 Å². The lowest BCUT2D eigenvalue weighted by molar-refractivity contribution is -0.115. The number of hydrogen-bond acceptors (Lipinski definition) is 3. The Labute approximate surface area is 155 Å². The van der Waals surface area contributed by atoms with E-state index in [1.165, 1.54) is 24.3 Å². The number of hydrogen-bond donors (Lipinski definition) is 2. The highest BCUT2D eigenvalue weighted by atomic mass is 35.5. The highest BCUT2D eigenvalue weighted by Gasteiger charge is 2.17. The number of amides is 1. The number of halogens is 4. The first-order valence-electron chi connectivity index (χ1n) is 7.87. The fraction of sp³-hybridized carbons (Fsp3) is 0.278. The SMILES string of the molecule is Cl.O=C(Cc1cccc(OC(F)F)c1)Nc1ccc2c(c1F)CCNC2. The van der Waals surface area contributed by atoms with Crippen molar-refractivity contribution in [1.82, 2.24) is 5.32 Å². The Morgan fingerprint density at radius 2 is 2.08 bits per heavy atom. The summed E-state index contributed by atoms with van der Waals surface area (Å²) < 4.78 is 43.3. The van der Waals surface area contributed by atoms with Gasteiger partial charge in [0.2, 0.25) is 5.91 Å². The highest BCUT2D eigenvalue weighted by Crippen LogP contribution is 2.25. The van der Waals surface area contributed by atoms with Crippen molar-refractivity contribution in [3.8, 4) is 5.75 Å². The van der Waals surface area contributed by atoms with Crippen LogP contribution < -0.4 is 15.4 Å². The lowest BCUT2D eigenvalue weighted by Crippen LogP contribution is -2.25. The monoisotopic (exact) mass is 386 g/mol. The summed E-state index contributed by atoms with van der Waals surface area (Å²) in [5.41, 5.74) is 2.13. The van der Waals surface area contributed by atoms with E-state index in [0.29, 0.717) is 30.6 Å². The molecule has 1 aliphatic heterocycles. The van der Waals surface area contributed by atoms with Gasteiger partial charge in [0.25, 0.3) is 0 Å². The Balaban J connectivity index is 0.00000243. The van der Waals surface area contributed by atoms with Crippen LogP contribution in [0.1, 0.15) is 16.7 Å². The van der Waals surface area contributed by atoms with E-state index < -0.39 is 18.3 Å². The molecule has 0 aromatic heterocycles. The second-order valence-electron chi connectivity index (χ2n) is 5.74. The van der Waals surface area contributed by atoms with Crippen molar-refractivity contribution < 1.29 is 22.7 Å². The standard InChI is InChI=1S/C18H17F3N2O2.ClH/c19-17-14-6-7-22-10-12(14)4-5-15(17)23-16(24)9-11-2-1-3-13(8-11)25-18(20)21;/h1-5,8,18,22H,6-7,9-10H2,(H,23,24);1H. The van der Waals surface area contributed by atoms with Gasteiger partial charge in [-0.2, -0.15) is 8.78 Å². The van der Waals surface area contributed by atoms with Crippen molar-refractivity contribution >= 4 is 24.0 Å². The summed E-state index contributed by atoms with van der Waals surface area (Å²) in [4.78, 5) is 12.2. The average Bonchev–Trinajstić information content (AvgIpc) is 2.57. The van der Waals surface area contributed by atoms with E-state index in [9.17, 15) is 18.0 Å². The second kappa shape index (κ2) is 8.91. The van der Waals surface area contributed by atoms with Crippen molar-refractivity contribution in [2.24, 2.45) is 0 Å². The molecule has 0 spiro atoms. The molecule has 0 radical (unpaired) electrons. The lowest BCUT2D eigenvalue weighted by Gasteiger charge is -2.19. The highest BCUT2D eigenvalue weighted by molar-refractivity contribution is 5.92. The van der Waals surface area contributed by atoms with Crippen molar-refractivity contribution in [2.75, 3.05) is 11.9 Å². The molecule has 2 aromatic carbocycles. The van der Waals surface area contributed by atoms with Gasteiger partial charge in [0, 0.05) is 6.54 Å². The first kappa shape index (κ1) is 20.1. The first-order valence-corrected chi connectivity index (χ1v) is 7.87. The van der Waals surface area contributed by atoms with Crippen molar-refractivity contribution in [3.05, 3.63) is 58.9 Å². The molecular formula is C18H18ClF3N2O2. The van der Waals surface area contributed by atoms with Gasteiger partial charge in [-0.3, -0.25) is 4.79 Å². The molecule has 1 aliphatic rings. The summed E-state index contributed by atoms with van der Waals surface area (Å²) >= 11 is 0. The Morgan fingerprint density at radius 1 is 1.27 bits per heavy atom. The molecule has 1 amide bonds. The fourth-order valence-corrected chi connectivity index (χ4v) is 2.84. The largest absolute Gasteiger partial charge is 0.435 e.